The van der Waals surface area contributed by atoms with Crippen LogP contribution in [0.3, 0.4) is 0 Å². The molecule has 2 aromatic rings. The Kier molecular flexibility index (Phi) is 6.49. The number of carbonyl (C=O) groups excluding carboxylic acids is 1. The standard InChI is InChI=1S/C15H23N5OS2/c1-4-8-16-13(21)10-18(3)11-20-15(22)19(5-2)14(17-20)12-7-6-9-23-12/h6-7,9H,4-5,8,10-11H2,1-3H3,(H,16,21)/p+1. The Morgan fingerprint density at radius 3 is 2.87 bits per heavy atom. The van der Waals surface area contributed by atoms with Crippen LogP contribution in [0.15, 0.2) is 17.5 Å². The number of quaternary nitrogens is 1. The molecule has 0 aliphatic rings. The van der Waals surface area contributed by atoms with Crippen LogP contribution in [0.25, 0.3) is 10.7 Å². The summed E-state index contributed by atoms with van der Waals surface area (Å²) in [5.41, 5.74) is 0. The van der Waals surface area contributed by atoms with Gasteiger partial charge < -0.3 is 10.2 Å². The third-order valence-corrected chi connectivity index (χ3v) is 4.73. The molecule has 0 saturated carbocycles. The van der Waals surface area contributed by atoms with Crippen LogP contribution >= 0.6 is 23.6 Å². The molecule has 0 radical (unpaired) electrons. The molecule has 0 bridgehead atoms. The maximum absolute atomic E-state index is 11.8. The Morgan fingerprint density at radius 1 is 1.48 bits per heavy atom. The average Bonchev–Trinajstić information content (AvgIpc) is 3.14. The van der Waals surface area contributed by atoms with E-state index in [9.17, 15) is 4.79 Å². The Bertz CT molecular complexity index is 689. The quantitative estimate of drug-likeness (QED) is 0.700. The molecule has 1 unspecified atom stereocenters. The molecule has 1 atom stereocenters. The van der Waals surface area contributed by atoms with E-state index in [2.05, 4.69) is 17.3 Å². The van der Waals surface area contributed by atoms with E-state index < -0.39 is 0 Å². The number of thiophene rings is 1. The lowest BCUT2D eigenvalue weighted by Crippen LogP contribution is -3.09. The van der Waals surface area contributed by atoms with E-state index in [1.807, 2.05) is 40.7 Å². The van der Waals surface area contributed by atoms with E-state index in [4.69, 9.17) is 12.2 Å². The maximum Gasteiger partial charge on any atom is 0.275 e. The highest BCUT2D eigenvalue weighted by Crippen LogP contribution is 2.23. The van der Waals surface area contributed by atoms with Crippen molar-refractivity contribution in [1.29, 1.82) is 0 Å². The number of hydrogen-bond acceptors (Lipinski definition) is 4. The minimum Gasteiger partial charge on any atom is -0.351 e. The lowest BCUT2D eigenvalue weighted by atomic mass is 10.4. The Labute approximate surface area is 145 Å². The molecule has 2 heterocycles. The zero-order valence-electron chi connectivity index (χ0n) is 13.8. The third kappa shape index (κ3) is 4.49. The van der Waals surface area contributed by atoms with E-state index in [1.54, 1.807) is 11.3 Å². The lowest BCUT2D eigenvalue weighted by molar-refractivity contribution is -0.895. The smallest absolute Gasteiger partial charge is 0.275 e. The summed E-state index contributed by atoms with van der Waals surface area (Å²) in [6.07, 6.45) is 0.945. The number of amides is 1. The molecule has 8 heteroatoms. The van der Waals surface area contributed by atoms with E-state index in [-0.39, 0.29) is 5.91 Å². The topological polar surface area (TPSA) is 56.3 Å². The van der Waals surface area contributed by atoms with Crippen molar-refractivity contribution in [2.45, 2.75) is 33.5 Å². The van der Waals surface area contributed by atoms with E-state index in [0.29, 0.717) is 18.0 Å². The molecular formula is C15H24N5OS2+. The molecule has 2 aromatic heterocycles. The SMILES string of the molecule is CCCNC(=O)C[NH+](C)Cn1nc(-c2cccs2)n(CC)c1=S. The molecule has 6 nitrogen and oxygen atoms in total. The van der Waals surface area contributed by atoms with Crippen molar-refractivity contribution < 1.29 is 9.69 Å². The van der Waals surface area contributed by atoms with Crippen LogP contribution in [0.2, 0.25) is 0 Å². The number of aromatic nitrogens is 3. The first-order valence-corrected chi connectivity index (χ1v) is 9.15. The van der Waals surface area contributed by atoms with Gasteiger partial charge in [-0.2, -0.15) is 4.68 Å². The molecule has 0 fully saturated rings. The maximum atomic E-state index is 11.8. The first-order chi connectivity index (χ1) is 11.1. The van der Waals surface area contributed by atoms with Crippen molar-refractivity contribution >= 4 is 29.5 Å². The van der Waals surface area contributed by atoms with Crippen LogP contribution in [0.4, 0.5) is 0 Å². The van der Waals surface area contributed by atoms with Gasteiger partial charge in [0.1, 0.15) is 0 Å². The van der Waals surface area contributed by atoms with Crippen molar-refractivity contribution in [1.82, 2.24) is 19.7 Å². The van der Waals surface area contributed by atoms with E-state index >= 15 is 0 Å². The minimum absolute atomic E-state index is 0.0595. The van der Waals surface area contributed by atoms with Crippen LogP contribution in [0.1, 0.15) is 20.3 Å². The second kappa shape index (κ2) is 8.37. The number of nitrogens with zero attached hydrogens (tertiary/aromatic N) is 3. The summed E-state index contributed by atoms with van der Waals surface area (Å²) in [6, 6.07) is 4.06. The first kappa shape index (κ1) is 17.8. The van der Waals surface area contributed by atoms with Gasteiger partial charge >= 0.3 is 0 Å². The van der Waals surface area contributed by atoms with Gasteiger partial charge in [0.25, 0.3) is 5.91 Å². The van der Waals surface area contributed by atoms with Gasteiger partial charge in [0, 0.05) is 13.1 Å². The van der Waals surface area contributed by atoms with Gasteiger partial charge in [-0.1, -0.05) is 13.0 Å². The fraction of sp³-hybridized carbons (Fsp3) is 0.533. The van der Waals surface area contributed by atoms with Crippen LogP contribution in [-0.2, 0) is 18.0 Å². The van der Waals surface area contributed by atoms with Gasteiger partial charge in [-0.15, -0.1) is 16.4 Å². The summed E-state index contributed by atoms with van der Waals surface area (Å²) in [4.78, 5) is 14.0. The zero-order chi connectivity index (χ0) is 16.8. The molecule has 1 amide bonds. The van der Waals surface area contributed by atoms with Crippen molar-refractivity contribution in [3.63, 3.8) is 0 Å². The summed E-state index contributed by atoms with van der Waals surface area (Å²) >= 11 is 7.19. The Balaban J connectivity index is 2.11. The van der Waals surface area contributed by atoms with Crippen molar-refractivity contribution in [3.8, 4) is 10.7 Å². The molecule has 126 valence electrons. The monoisotopic (exact) mass is 354 g/mol. The molecule has 0 aliphatic carbocycles. The van der Waals surface area contributed by atoms with Crippen molar-refractivity contribution in [2.24, 2.45) is 0 Å². The average molecular weight is 355 g/mol. The van der Waals surface area contributed by atoms with Gasteiger partial charge in [-0.25, -0.2) is 0 Å². The Hall–Kier alpha value is -1.51. The van der Waals surface area contributed by atoms with Crippen LogP contribution in [-0.4, -0.2) is 40.4 Å². The van der Waals surface area contributed by atoms with Gasteiger partial charge in [0.05, 0.1) is 11.9 Å². The predicted octanol–water partition coefficient (Wildman–Crippen LogP) is 1.16. The second-order valence-corrected chi connectivity index (χ2v) is 6.78. The molecule has 0 aliphatic heterocycles. The van der Waals surface area contributed by atoms with Gasteiger partial charge in [-0.05, 0) is 37.0 Å². The second-order valence-electron chi connectivity index (χ2n) is 5.47. The molecular weight excluding hydrogens is 330 g/mol. The van der Waals surface area contributed by atoms with Gasteiger partial charge in [-0.3, -0.25) is 9.36 Å². The molecule has 2 rings (SSSR count). The summed E-state index contributed by atoms with van der Waals surface area (Å²) < 4.78 is 4.55. The van der Waals surface area contributed by atoms with Crippen LogP contribution in [0.5, 0.6) is 0 Å². The van der Waals surface area contributed by atoms with Crippen LogP contribution in [0, 0.1) is 4.77 Å². The van der Waals surface area contributed by atoms with Crippen LogP contribution < -0.4 is 10.2 Å². The number of likely N-dealkylation sites (N-methyl/N-ethyl adjacent to an activating group) is 1. The number of nitrogens with one attached hydrogen (secondary N) is 2. The van der Waals surface area contributed by atoms with E-state index in [0.717, 1.165) is 35.1 Å². The van der Waals surface area contributed by atoms with Crippen molar-refractivity contribution in [2.75, 3.05) is 20.1 Å². The molecule has 0 saturated heterocycles. The molecule has 0 spiro atoms. The predicted molar refractivity (Wildman–Crippen MR) is 95.1 cm³/mol. The van der Waals surface area contributed by atoms with Crippen molar-refractivity contribution in [3.05, 3.63) is 22.3 Å². The summed E-state index contributed by atoms with van der Waals surface area (Å²) in [6.45, 7) is 6.59. The lowest BCUT2D eigenvalue weighted by Gasteiger charge is -2.13. The number of carbonyl (C=O) groups is 1. The Morgan fingerprint density at radius 2 is 2.26 bits per heavy atom. The molecule has 0 aromatic carbocycles. The minimum atomic E-state index is 0.0595. The fourth-order valence-electron chi connectivity index (χ4n) is 2.33. The van der Waals surface area contributed by atoms with E-state index in [1.165, 1.54) is 0 Å². The molecule has 23 heavy (non-hydrogen) atoms. The third-order valence-electron chi connectivity index (χ3n) is 3.43. The highest BCUT2D eigenvalue weighted by Gasteiger charge is 2.16. The van der Waals surface area contributed by atoms with Gasteiger partial charge in [0.15, 0.2) is 19.0 Å². The first-order valence-electron chi connectivity index (χ1n) is 7.86. The summed E-state index contributed by atoms with van der Waals surface area (Å²) in [7, 11) is 1.98. The molecule has 2 N–H and O–H groups in total. The normalized spacial score (nSPS) is 12.3. The van der Waals surface area contributed by atoms with Gasteiger partial charge in [0.2, 0.25) is 4.77 Å². The number of hydrogen-bond donors (Lipinski definition) is 2. The number of rotatable bonds is 8. The largest absolute Gasteiger partial charge is 0.351 e. The summed E-state index contributed by atoms with van der Waals surface area (Å²) in [5, 5.41) is 9.60. The highest BCUT2D eigenvalue weighted by molar-refractivity contribution is 7.71. The zero-order valence-corrected chi connectivity index (χ0v) is 15.5. The highest BCUT2D eigenvalue weighted by atomic mass is 32.1. The fourth-order valence-corrected chi connectivity index (χ4v) is 3.37. The summed E-state index contributed by atoms with van der Waals surface area (Å²) in [5.74, 6) is 0.958.